The minimum absolute atomic E-state index is 0.0711. The van der Waals surface area contributed by atoms with E-state index in [1.165, 1.54) is 4.90 Å². The lowest BCUT2D eigenvalue weighted by Crippen LogP contribution is -2.29. The molecule has 0 spiro atoms. The summed E-state index contributed by atoms with van der Waals surface area (Å²) in [7, 11) is 0. The summed E-state index contributed by atoms with van der Waals surface area (Å²) in [5.41, 5.74) is 3.00. The Bertz CT molecular complexity index is 1190. The Morgan fingerprint density at radius 2 is 1.91 bits per heavy atom. The van der Waals surface area contributed by atoms with Gasteiger partial charge in [-0.25, -0.2) is 0 Å². The summed E-state index contributed by atoms with van der Waals surface area (Å²) < 4.78 is 5.54. The monoisotopic (exact) mass is 428 g/mol. The standard InChI is InChI=1S/C26H24N2O4/c1-3-32-20-11-6-10-19(14-20)24(29)22-23(21-12-5-4-8-17(21)2)28(26(31)25(22)30)16-18-9-7-13-27-15-18/h4-15,23,29H,3,16H2,1-2H3/b24-22+. The molecule has 0 bridgehead atoms. The third-order valence-electron chi connectivity index (χ3n) is 5.52. The van der Waals surface area contributed by atoms with Crippen LogP contribution in [-0.4, -0.2) is 33.3 Å². The smallest absolute Gasteiger partial charge is 0.295 e. The summed E-state index contributed by atoms with van der Waals surface area (Å²) in [6, 6.07) is 17.4. The molecular weight excluding hydrogens is 404 g/mol. The molecule has 1 aromatic heterocycles. The van der Waals surface area contributed by atoms with E-state index in [0.29, 0.717) is 17.9 Å². The number of ether oxygens (including phenoxy) is 1. The van der Waals surface area contributed by atoms with Crippen LogP contribution in [0.2, 0.25) is 0 Å². The van der Waals surface area contributed by atoms with Gasteiger partial charge in [-0.15, -0.1) is 0 Å². The largest absolute Gasteiger partial charge is 0.507 e. The van der Waals surface area contributed by atoms with Crippen molar-refractivity contribution >= 4 is 17.4 Å². The summed E-state index contributed by atoms with van der Waals surface area (Å²) in [5.74, 6) is -0.994. The number of aliphatic hydroxyl groups excluding tert-OH is 1. The van der Waals surface area contributed by atoms with Gasteiger partial charge in [0.1, 0.15) is 11.5 Å². The SMILES string of the molecule is CCOc1cccc(/C(O)=C2\C(=O)C(=O)N(Cc3cccnc3)C2c2ccccc2C)c1. The van der Waals surface area contributed by atoms with E-state index in [2.05, 4.69) is 4.98 Å². The van der Waals surface area contributed by atoms with E-state index in [4.69, 9.17) is 4.74 Å². The number of nitrogens with zero attached hydrogens (tertiary/aromatic N) is 2. The lowest BCUT2D eigenvalue weighted by atomic mass is 9.92. The van der Waals surface area contributed by atoms with Crippen molar-refractivity contribution < 1.29 is 19.4 Å². The van der Waals surface area contributed by atoms with Gasteiger partial charge in [0.2, 0.25) is 0 Å². The maximum Gasteiger partial charge on any atom is 0.295 e. The molecule has 2 aromatic carbocycles. The Kier molecular flexibility index (Phi) is 6.03. The van der Waals surface area contributed by atoms with Crippen LogP contribution in [0, 0.1) is 6.92 Å². The number of aryl methyl sites for hydroxylation is 1. The van der Waals surface area contributed by atoms with Gasteiger partial charge in [-0.2, -0.15) is 0 Å². The molecule has 1 aliphatic rings. The number of hydrogen-bond acceptors (Lipinski definition) is 5. The number of aliphatic hydroxyl groups is 1. The number of carbonyl (C=O) groups is 2. The van der Waals surface area contributed by atoms with Crippen LogP contribution in [0.5, 0.6) is 5.75 Å². The summed E-state index contributed by atoms with van der Waals surface area (Å²) in [6.45, 7) is 4.47. The van der Waals surface area contributed by atoms with Gasteiger partial charge >= 0.3 is 0 Å². The van der Waals surface area contributed by atoms with Gasteiger partial charge in [0.05, 0.1) is 18.2 Å². The minimum atomic E-state index is -0.716. The van der Waals surface area contributed by atoms with Crippen LogP contribution in [0.4, 0.5) is 0 Å². The second-order valence-corrected chi connectivity index (χ2v) is 7.61. The van der Waals surface area contributed by atoms with Crippen molar-refractivity contribution in [2.24, 2.45) is 0 Å². The molecule has 0 radical (unpaired) electrons. The molecule has 1 N–H and O–H groups in total. The fourth-order valence-corrected chi connectivity index (χ4v) is 4.00. The molecule has 1 aliphatic heterocycles. The molecule has 1 amide bonds. The van der Waals surface area contributed by atoms with Crippen molar-refractivity contribution in [3.05, 3.63) is 101 Å². The number of aromatic nitrogens is 1. The van der Waals surface area contributed by atoms with Crippen LogP contribution in [-0.2, 0) is 16.1 Å². The van der Waals surface area contributed by atoms with E-state index < -0.39 is 17.7 Å². The zero-order chi connectivity index (χ0) is 22.7. The third-order valence-corrected chi connectivity index (χ3v) is 5.52. The number of amides is 1. The maximum atomic E-state index is 13.2. The lowest BCUT2D eigenvalue weighted by molar-refractivity contribution is -0.140. The average molecular weight is 428 g/mol. The van der Waals surface area contributed by atoms with Gasteiger partial charge in [-0.1, -0.05) is 42.5 Å². The summed E-state index contributed by atoms with van der Waals surface area (Å²) in [5, 5.41) is 11.2. The Morgan fingerprint density at radius 1 is 1.09 bits per heavy atom. The number of ketones is 1. The quantitative estimate of drug-likeness (QED) is 0.357. The van der Waals surface area contributed by atoms with Crippen LogP contribution in [0.25, 0.3) is 5.76 Å². The zero-order valence-corrected chi connectivity index (χ0v) is 18.0. The molecule has 0 aliphatic carbocycles. The van der Waals surface area contributed by atoms with Crippen LogP contribution < -0.4 is 4.74 Å². The van der Waals surface area contributed by atoms with E-state index in [0.717, 1.165) is 16.7 Å². The summed E-state index contributed by atoms with van der Waals surface area (Å²) in [4.78, 5) is 31.9. The third kappa shape index (κ3) is 3.99. The van der Waals surface area contributed by atoms with Crippen LogP contribution in [0.1, 0.15) is 35.2 Å². The van der Waals surface area contributed by atoms with Gasteiger partial charge < -0.3 is 14.7 Å². The number of rotatable bonds is 6. The van der Waals surface area contributed by atoms with E-state index in [-0.39, 0.29) is 17.9 Å². The average Bonchev–Trinajstić information content (AvgIpc) is 3.05. The number of benzene rings is 2. The first-order valence-corrected chi connectivity index (χ1v) is 10.5. The van der Waals surface area contributed by atoms with Crippen molar-refractivity contribution in [1.29, 1.82) is 0 Å². The van der Waals surface area contributed by atoms with E-state index in [9.17, 15) is 14.7 Å². The van der Waals surface area contributed by atoms with Crippen molar-refractivity contribution in [3.8, 4) is 5.75 Å². The number of Topliss-reactive ketones (excluding diaryl/α,β-unsaturated/α-hetero) is 1. The number of likely N-dealkylation sites (tertiary alicyclic amines) is 1. The van der Waals surface area contributed by atoms with Gasteiger partial charge in [-0.05, 0) is 48.7 Å². The maximum absolute atomic E-state index is 13.2. The van der Waals surface area contributed by atoms with E-state index >= 15 is 0 Å². The zero-order valence-electron chi connectivity index (χ0n) is 18.0. The predicted octanol–water partition coefficient (Wildman–Crippen LogP) is 4.41. The van der Waals surface area contributed by atoms with Gasteiger partial charge in [0.15, 0.2) is 0 Å². The second kappa shape index (κ2) is 9.06. The molecular formula is C26H24N2O4. The van der Waals surface area contributed by atoms with Gasteiger partial charge in [0, 0.05) is 24.5 Å². The highest BCUT2D eigenvalue weighted by Gasteiger charge is 2.46. The van der Waals surface area contributed by atoms with Gasteiger partial charge in [0.25, 0.3) is 11.7 Å². The second-order valence-electron chi connectivity index (χ2n) is 7.61. The molecule has 32 heavy (non-hydrogen) atoms. The minimum Gasteiger partial charge on any atom is -0.507 e. The Hall–Kier alpha value is -3.93. The first-order valence-electron chi connectivity index (χ1n) is 10.5. The van der Waals surface area contributed by atoms with Crippen LogP contribution >= 0.6 is 0 Å². The normalized spacial score (nSPS) is 17.6. The molecule has 1 fully saturated rings. The molecule has 1 unspecified atom stereocenters. The van der Waals surface area contributed by atoms with Crippen molar-refractivity contribution in [3.63, 3.8) is 0 Å². The summed E-state index contributed by atoms with van der Waals surface area (Å²) in [6.07, 6.45) is 3.32. The lowest BCUT2D eigenvalue weighted by Gasteiger charge is -2.26. The predicted molar refractivity (Wildman–Crippen MR) is 121 cm³/mol. The van der Waals surface area contributed by atoms with Crippen molar-refractivity contribution in [1.82, 2.24) is 9.88 Å². The molecule has 1 atom stereocenters. The van der Waals surface area contributed by atoms with E-state index in [1.54, 1.807) is 42.7 Å². The molecule has 6 heteroatoms. The van der Waals surface area contributed by atoms with Gasteiger partial charge in [-0.3, -0.25) is 14.6 Å². The highest BCUT2D eigenvalue weighted by atomic mass is 16.5. The van der Waals surface area contributed by atoms with Crippen molar-refractivity contribution in [2.45, 2.75) is 26.4 Å². The fourth-order valence-electron chi connectivity index (χ4n) is 4.00. The highest BCUT2D eigenvalue weighted by molar-refractivity contribution is 6.46. The van der Waals surface area contributed by atoms with Crippen molar-refractivity contribution in [2.75, 3.05) is 6.61 Å². The molecule has 2 heterocycles. The van der Waals surface area contributed by atoms with E-state index in [1.807, 2.05) is 44.2 Å². The number of carbonyl (C=O) groups excluding carboxylic acids is 2. The fraction of sp³-hybridized carbons (Fsp3) is 0.192. The molecule has 3 aromatic rings. The molecule has 4 rings (SSSR count). The first kappa shape index (κ1) is 21.3. The Balaban J connectivity index is 1.87. The molecule has 1 saturated heterocycles. The van der Waals surface area contributed by atoms with Crippen LogP contribution in [0.15, 0.2) is 78.6 Å². The first-order chi connectivity index (χ1) is 15.5. The summed E-state index contributed by atoms with van der Waals surface area (Å²) >= 11 is 0. The molecule has 162 valence electrons. The van der Waals surface area contributed by atoms with Crippen LogP contribution in [0.3, 0.4) is 0 Å². The molecule has 6 nitrogen and oxygen atoms in total. The highest BCUT2D eigenvalue weighted by Crippen LogP contribution is 2.41. The Morgan fingerprint density at radius 3 is 2.62 bits per heavy atom. The number of pyridine rings is 1. The molecule has 0 saturated carbocycles. The Labute approximate surface area is 186 Å². The topological polar surface area (TPSA) is 79.7 Å². The number of hydrogen-bond donors (Lipinski definition) is 1.